The maximum absolute atomic E-state index is 13.8. The molecule has 1 N–H and O–H groups in total. The minimum atomic E-state index is -0.939. The Labute approximate surface area is 160 Å². The number of rotatable bonds is 4. The molecule has 1 saturated heterocycles. The number of methoxy groups -OCH3 is 1. The number of carboxylic acid groups (broad SMARTS) is 1. The first-order valence-corrected chi connectivity index (χ1v) is 8.87. The van der Waals surface area contributed by atoms with Crippen molar-refractivity contribution in [3.63, 3.8) is 0 Å². The largest absolute Gasteiger partial charge is 0.496 e. The van der Waals surface area contributed by atoms with Crippen LogP contribution in [-0.4, -0.2) is 64.0 Å². The molecule has 0 aliphatic carbocycles. The fourth-order valence-electron chi connectivity index (χ4n) is 3.52. The second kappa shape index (κ2) is 6.99. The van der Waals surface area contributed by atoms with E-state index < -0.39 is 6.09 Å². The van der Waals surface area contributed by atoms with E-state index >= 15 is 0 Å². The van der Waals surface area contributed by atoms with Crippen LogP contribution < -0.4 is 9.64 Å². The monoisotopic (exact) mass is 385 g/mol. The Morgan fingerprint density at radius 1 is 1.36 bits per heavy atom. The molecule has 1 fully saturated rings. The van der Waals surface area contributed by atoms with Crippen molar-refractivity contribution >= 4 is 17.6 Å². The fourth-order valence-corrected chi connectivity index (χ4v) is 3.52. The van der Waals surface area contributed by atoms with Gasteiger partial charge in [-0.1, -0.05) is 0 Å². The van der Waals surface area contributed by atoms with Crippen LogP contribution in [0.5, 0.6) is 5.75 Å². The summed E-state index contributed by atoms with van der Waals surface area (Å²) in [7, 11) is 3.11. The Balaban J connectivity index is 1.70. The number of hydrogen-bond donors (Lipinski definition) is 1. The molecule has 3 heterocycles. The molecule has 0 spiro atoms. The smallest absolute Gasteiger partial charge is 0.407 e. The van der Waals surface area contributed by atoms with Crippen LogP contribution in [0.4, 0.5) is 15.0 Å². The second-order valence-electron chi connectivity index (χ2n) is 6.73. The van der Waals surface area contributed by atoms with Crippen molar-refractivity contribution in [1.29, 1.82) is 0 Å². The summed E-state index contributed by atoms with van der Waals surface area (Å²) in [5.41, 5.74) is 1.81. The first kappa shape index (κ1) is 18.0. The highest BCUT2D eigenvalue weighted by Gasteiger charge is 2.29. The van der Waals surface area contributed by atoms with Crippen molar-refractivity contribution in [2.75, 3.05) is 32.1 Å². The van der Waals surface area contributed by atoms with Crippen LogP contribution in [0.25, 0.3) is 16.9 Å². The van der Waals surface area contributed by atoms with E-state index in [2.05, 4.69) is 10.1 Å². The van der Waals surface area contributed by atoms with E-state index in [0.717, 1.165) is 6.42 Å². The fraction of sp³-hybridized carbons (Fsp3) is 0.316. The third-order valence-corrected chi connectivity index (χ3v) is 5.12. The van der Waals surface area contributed by atoms with Gasteiger partial charge in [0.25, 0.3) is 0 Å². The molecule has 1 aliphatic rings. The average Bonchev–Trinajstić information content (AvgIpc) is 3.34. The Hall–Kier alpha value is -3.36. The molecule has 146 valence electrons. The zero-order valence-electron chi connectivity index (χ0n) is 15.5. The van der Waals surface area contributed by atoms with E-state index in [1.807, 2.05) is 17.0 Å². The lowest BCUT2D eigenvalue weighted by molar-refractivity contribution is 0.142. The molecule has 1 aliphatic heterocycles. The topological polar surface area (TPSA) is 83.2 Å². The van der Waals surface area contributed by atoms with E-state index in [0.29, 0.717) is 41.6 Å². The standard InChI is InChI=1S/C19H20FN5O3/c1-23(19(26)27)13-7-8-24(11-13)18-6-5-17-21-10-15(25(17)22-18)14-9-12(20)3-4-16(14)28-2/h3-6,9-10,13H,7-8,11H2,1-2H3,(H,26,27). The van der Waals surface area contributed by atoms with Crippen LogP contribution in [0.3, 0.4) is 0 Å². The normalized spacial score (nSPS) is 16.5. The van der Waals surface area contributed by atoms with Crippen LogP contribution >= 0.6 is 0 Å². The lowest BCUT2D eigenvalue weighted by atomic mass is 10.1. The average molecular weight is 385 g/mol. The molecule has 28 heavy (non-hydrogen) atoms. The number of anilines is 1. The number of hydrogen-bond acceptors (Lipinski definition) is 5. The van der Waals surface area contributed by atoms with Crippen molar-refractivity contribution in [3.05, 3.63) is 42.3 Å². The van der Waals surface area contributed by atoms with Crippen molar-refractivity contribution in [1.82, 2.24) is 19.5 Å². The van der Waals surface area contributed by atoms with Gasteiger partial charge in [-0.15, -0.1) is 5.10 Å². The molecule has 4 rings (SSSR count). The first-order chi connectivity index (χ1) is 13.5. The molecular weight excluding hydrogens is 365 g/mol. The van der Waals surface area contributed by atoms with Crippen LogP contribution in [0.15, 0.2) is 36.5 Å². The molecule has 0 radical (unpaired) electrons. The summed E-state index contributed by atoms with van der Waals surface area (Å²) in [6.45, 7) is 1.27. The van der Waals surface area contributed by atoms with Gasteiger partial charge in [-0.25, -0.2) is 18.7 Å². The molecule has 1 amide bonds. The lowest BCUT2D eigenvalue weighted by Gasteiger charge is -2.22. The highest BCUT2D eigenvalue weighted by molar-refractivity contribution is 5.70. The van der Waals surface area contributed by atoms with Gasteiger partial charge in [-0.2, -0.15) is 0 Å². The summed E-state index contributed by atoms with van der Waals surface area (Å²) in [6, 6.07) is 7.92. The number of aromatic nitrogens is 3. The van der Waals surface area contributed by atoms with Crippen LogP contribution in [0, 0.1) is 5.82 Å². The lowest BCUT2D eigenvalue weighted by Crippen LogP contribution is -2.38. The second-order valence-corrected chi connectivity index (χ2v) is 6.73. The van der Waals surface area contributed by atoms with E-state index in [-0.39, 0.29) is 11.9 Å². The molecule has 1 unspecified atom stereocenters. The number of halogens is 1. The molecule has 2 aromatic heterocycles. The number of amides is 1. The van der Waals surface area contributed by atoms with Gasteiger partial charge in [0.15, 0.2) is 5.65 Å². The predicted molar refractivity (Wildman–Crippen MR) is 101 cm³/mol. The first-order valence-electron chi connectivity index (χ1n) is 8.87. The van der Waals surface area contributed by atoms with Gasteiger partial charge in [-0.3, -0.25) is 0 Å². The van der Waals surface area contributed by atoms with Crippen LogP contribution in [0.1, 0.15) is 6.42 Å². The number of likely N-dealkylation sites (N-methyl/N-ethyl adjacent to an activating group) is 1. The van der Waals surface area contributed by atoms with Gasteiger partial charge in [-0.05, 0) is 36.8 Å². The molecule has 0 bridgehead atoms. The zero-order valence-corrected chi connectivity index (χ0v) is 15.5. The van der Waals surface area contributed by atoms with Crippen molar-refractivity contribution in [2.24, 2.45) is 0 Å². The molecule has 9 heteroatoms. The van der Waals surface area contributed by atoms with E-state index in [1.54, 1.807) is 23.8 Å². The molecule has 1 aromatic carbocycles. The minimum Gasteiger partial charge on any atom is -0.496 e. The summed E-state index contributed by atoms with van der Waals surface area (Å²) in [5, 5.41) is 13.9. The predicted octanol–water partition coefficient (Wildman–Crippen LogP) is 2.73. The summed E-state index contributed by atoms with van der Waals surface area (Å²) in [4.78, 5) is 18.9. The Kier molecular flexibility index (Phi) is 4.50. The summed E-state index contributed by atoms with van der Waals surface area (Å²) < 4.78 is 20.8. The van der Waals surface area contributed by atoms with Gasteiger partial charge < -0.3 is 19.6 Å². The van der Waals surface area contributed by atoms with Gasteiger partial charge in [0.2, 0.25) is 0 Å². The highest BCUT2D eigenvalue weighted by Crippen LogP contribution is 2.31. The number of carbonyl (C=O) groups is 1. The van der Waals surface area contributed by atoms with E-state index in [9.17, 15) is 14.3 Å². The quantitative estimate of drug-likeness (QED) is 0.744. The Morgan fingerprint density at radius 3 is 2.93 bits per heavy atom. The summed E-state index contributed by atoms with van der Waals surface area (Å²) in [5.74, 6) is 0.865. The van der Waals surface area contributed by atoms with Crippen molar-refractivity contribution in [2.45, 2.75) is 12.5 Å². The number of imidazole rings is 1. The van der Waals surface area contributed by atoms with Gasteiger partial charge in [0.1, 0.15) is 17.4 Å². The third kappa shape index (κ3) is 3.08. The van der Waals surface area contributed by atoms with E-state index in [4.69, 9.17) is 4.74 Å². The number of fused-ring (bicyclic) bond motifs is 1. The third-order valence-electron chi connectivity index (χ3n) is 5.12. The number of benzene rings is 1. The molecule has 3 aromatic rings. The summed E-state index contributed by atoms with van der Waals surface area (Å²) >= 11 is 0. The van der Waals surface area contributed by atoms with Crippen molar-refractivity contribution < 1.29 is 19.0 Å². The molecule has 0 saturated carbocycles. The van der Waals surface area contributed by atoms with Crippen LogP contribution in [-0.2, 0) is 0 Å². The molecule has 1 atom stereocenters. The SMILES string of the molecule is COc1ccc(F)cc1-c1cnc2ccc(N3CCC(N(C)C(=O)O)C3)nn12. The Bertz CT molecular complexity index is 1040. The Morgan fingerprint density at radius 2 is 2.18 bits per heavy atom. The van der Waals surface area contributed by atoms with Gasteiger partial charge >= 0.3 is 6.09 Å². The van der Waals surface area contributed by atoms with Gasteiger partial charge in [0, 0.05) is 25.7 Å². The highest BCUT2D eigenvalue weighted by atomic mass is 19.1. The number of nitrogens with zero attached hydrogens (tertiary/aromatic N) is 5. The maximum Gasteiger partial charge on any atom is 0.407 e. The maximum atomic E-state index is 13.8. The van der Waals surface area contributed by atoms with Crippen molar-refractivity contribution in [3.8, 4) is 17.0 Å². The molecular formula is C19H20FN5O3. The van der Waals surface area contributed by atoms with E-state index in [1.165, 1.54) is 24.1 Å². The number of ether oxygens (including phenoxy) is 1. The minimum absolute atomic E-state index is 0.0828. The van der Waals surface area contributed by atoms with Gasteiger partial charge in [0.05, 0.1) is 25.0 Å². The van der Waals surface area contributed by atoms with Crippen LogP contribution in [0.2, 0.25) is 0 Å². The summed E-state index contributed by atoms with van der Waals surface area (Å²) in [6.07, 6.45) is 1.43. The zero-order chi connectivity index (χ0) is 19.8. The molecule has 8 nitrogen and oxygen atoms in total.